The molecule has 0 bridgehead atoms. The molecule has 0 spiro atoms. The number of hydrogen-bond donors (Lipinski definition) is 1. The van der Waals surface area contributed by atoms with Crippen LogP contribution >= 0.6 is 0 Å². The molecule has 0 aliphatic carbocycles. The van der Waals surface area contributed by atoms with E-state index in [-0.39, 0.29) is 17.6 Å². The molecule has 1 N–H and O–H groups in total. The normalized spacial score (nSPS) is 12.4. The molecule has 106 valence electrons. The lowest BCUT2D eigenvalue weighted by Gasteiger charge is -2.18. The zero-order valence-corrected chi connectivity index (χ0v) is 10.8. The molecule has 1 atom stereocenters. The second-order valence-corrected chi connectivity index (χ2v) is 4.23. The minimum atomic E-state index is -2.87. The molecule has 0 aliphatic rings. The Morgan fingerprint density at radius 3 is 2.25 bits per heavy atom. The molecule has 0 aromatic heterocycles. The quantitative estimate of drug-likeness (QED) is 0.901. The minimum Gasteiger partial charge on any atom is -0.435 e. The average Bonchev–Trinajstić information content (AvgIpc) is 2.39. The Balaban J connectivity index is 2.32. The van der Waals surface area contributed by atoms with Gasteiger partial charge in [0.15, 0.2) is 0 Å². The van der Waals surface area contributed by atoms with Gasteiger partial charge in [0.2, 0.25) is 0 Å². The summed E-state index contributed by atoms with van der Waals surface area (Å²) < 4.78 is 42.1. The smallest absolute Gasteiger partial charge is 0.387 e. The molecule has 1 unspecified atom stereocenters. The monoisotopic (exact) mass is 281 g/mol. The summed E-state index contributed by atoms with van der Waals surface area (Å²) in [5.74, 6) is -0.267. The number of nitrogens with one attached hydrogen (secondary N) is 1. The van der Waals surface area contributed by atoms with Gasteiger partial charge in [-0.2, -0.15) is 8.78 Å². The Bertz CT molecular complexity index is 575. The summed E-state index contributed by atoms with van der Waals surface area (Å²) in [6.45, 7) is -2.87. The van der Waals surface area contributed by atoms with Gasteiger partial charge in [-0.3, -0.25) is 0 Å². The van der Waals surface area contributed by atoms with Crippen LogP contribution < -0.4 is 10.1 Å². The number of halogens is 3. The number of ether oxygens (including phenoxy) is 1. The van der Waals surface area contributed by atoms with Gasteiger partial charge in [-0.1, -0.05) is 24.3 Å². The number of hydrogen-bond acceptors (Lipinski definition) is 2. The van der Waals surface area contributed by atoms with Gasteiger partial charge in [0.1, 0.15) is 11.6 Å². The van der Waals surface area contributed by atoms with Crippen molar-refractivity contribution in [1.82, 2.24) is 5.32 Å². The summed E-state index contributed by atoms with van der Waals surface area (Å²) >= 11 is 0. The molecule has 2 aromatic carbocycles. The maximum atomic E-state index is 13.3. The Hall–Kier alpha value is -2.01. The van der Waals surface area contributed by atoms with Crippen molar-refractivity contribution >= 4 is 0 Å². The molecular formula is C15H14F3NO. The van der Waals surface area contributed by atoms with Crippen molar-refractivity contribution < 1.29 is 17.9 Å². The van der Waals surface area contributed by atoms with Crippen LogP contribution in [0.3, 0.4) is 0 Å². The van der Waals surface area contributed by atoms with Crippen molar-refractivity contribution in [2.45, 2.75) is 12.7 Å². The molecule has 0 fully saturated rings. The molecule has 0 heterocycles. The number of alkyl halides is 2. The topological polar surface area (TPSA) is 21.3 Å². The highest BCUT2D eigenvalue weighted by Gasteiger charge is 2.14. The van der Waals surface area contributed by atoms with E-state index in [9.17, 15) is 13.2 Å². The van der Waals surface area contributed by atoms with Crippen LogP contribution in [0.5, 0.6) is 5.75 Å². The lowest BCUT2D eigenvalue weighted by atomic mass is 9.98. The summed E-state index contributed by atoms with van der Waals surface area (Å²) in [5, 5.41) is 3.03. The first-order valence-corrected chi connectivity index (χ1v) is 6.07. The summed E-state index contributed by atoms with van der Waals surface area (Å²) in [4.78, 5) is 0. The van der Waals surface area contributed by atoms with E-state index in [0.29, 0.717) is 5.56 Å². The van der Waals surface area contributed by atoms with Gasteiger partial charge in [0.25, 0.3) is 0 Å². The lowest BCUT2D eigenvalue weighted by molar-refractivity contribution is -0.0498. The third kappa shape index (κ3) is 3.51. The zero-order chi connectivity index (χ0) is 14.5. The van der Waals surface area contributed by atoms with Crippen molar-refractivity contribution in [3.63, 3.8) is 0 Å². The van der Waals surface area contributed by atoms with Crippen LogP contribution in [0.15, 0.2) is 48.5 Å². The highest BCUT2D eigenvalue weighted by Crippen LogP contribution is 2.26. The Morgan fingerprint density at radius 2 is 1.65 bits per heavy atom. The van der Waals surface area contributed by atoms with Crippen LogP contribution in [-0.4, -0.2) is 13.7 Å². The van der Waals surface area contributed by atoms with Crippen molar-refractivity contribution in [2.75, 3.05) is 7.05 Å². The third-order valence-corrected chi connectivity index (χ3v) is 2.89. The fourth-order valence-electron chi connectivity index (χ4n) is 2.08. The van der Waals surface area contributed by atoms with E-state index in [1.807, 2.05) is 0 Å². The van der Waals surface area contributed by atoms with E-state index in [1.54, 1.807) is 31.3 Å². The van der Waals surface area contributed by atoms with Gasteiger partial charge in [-0.15, -0.1) is 0 Å². The highest BCUT2D eigenvalue weighted by atomic mass is 19.3. The van der Waals surface area contributed by atoms with Crippen molar-refractivity contribution in [2.24, 2.45) is 0 Å². The first-order chi connectivity index (χ1) is 9.60. The summed E-state index contributed by atoms with van der Waals surface area (Å²) in [5.41, 5.74) is 1.43. The van der Waals surface area contributed by atoms with Crippen LogP contribution in [0.25, 0.3) is 0 Å². The predicted octanol–water partition coefficient (Wildman–Crippen LogP) is 3.74. The van der Waals surface area contributed by atoms with Crippen LogP contribution in [-0.2, 0) is 0 Å². The first kappa shape index (κ1) is 14.4. The van der Waals surface area contributed by atoms with Gasteiger partial charge in [0.05, 0.1) is 6.04 Å². The molecule has 2 nitrogen and oxygen atoms in total. The summed E-state index contributed by atoms with van der Waals surface area (Å²) in [6, 6.07) is 12.2. The van der Waals surface area contributed by atoms with Crippen LogP contribution in [0.4, 0.5) is 13.2 Å². The van der Waals surface area contributed by atoms with Crippen LogP contribution in [0, 0.1) is 5.82 Å². The molecule has 2 rings (SSSR count). The van der Waals surface area contributed by atoms with Gasteiger partial charge in [0, 0.05) is 0 Å². The van der Waals surface area contributed by atoms with E-state index < -0.39 is 6.61 Å². The van der Waals surface area contributed by atoms with E-state index in [0.717, 1.165) is 5.56 Å². The molecule has 0 saturated carbocycles. The van der Waals surface area contributed by atoms with Gasteiger partial charge in [-0.05, 0) is 42.4 Å². The van der Waals surface area contributed by atoms with Crippen molar-refractivity contribution in [3.05, 3.63) is 65.5 Å². The first-order valence-electron chi connectivity index (χ1n) is 6.07. The molecule has 0 saturated heterocycles. The van der Waals surface area contributed by atoms with E-state index in [4.69, 9.17) is 0 Å². The van der Waals surface area contributed by atoms with Gasteiger partial charge >= 0.3 is 6.61 Å². The minimum absolute atomic E-state index is 0.0779. The summed E-state index contributed by atoms with van der Waals surface area (Å²) in [6.07, 6.45) is 0. The average molecular weight is 281 g/mol. The maximum absolute atomic E-state index is 13.3. The SMILES string of the molecule is CNC(c1cccc(F)c1)c1cccc(OC(F)F)c1. The third-order valence-electron chi connectivity index (χ3n) is 2.89. The number of benzene rings is 2. The second-order valence-electron chi connectivity index (χ2n) is 4.23. The van der Waals surface area contributed by atoms with Crippen molar-refractivity contribution in [3.8, 4) is 5.75 Å². The second kappa shape index (κ2) is 6.43. The van der Waals surface area contributed by atoms with Crippen LogP contribution in [0.2, 0.25) is 0 Å². The standard InChI is InChI=1S/C15H14F3NO/c1-19-14(10-4-2-6-12(16)8-10)11-5-3-7-13(9-11)20-15(17)18/h2-9,14-15,19H,1H3. The molecule has 0 radical (unpaired) electrons. The molecule has 20 heavy (non-hydrogen) atoms. The molecule has 0 aliphatic heterocycles. The summed E-state index contributed by atoms with van der Waals surface area (Å²) in [7, 11) is 1.72. The van der Waals surface area contributed by atoms with E-state index >= 15 is 0 Å². The Kier molecular flexibility index (Phi) is 4.63. The van der Waals surface area contributed by atoms with Gasteiger partial charge in [-0.25, -0.2) is 4.39 Å². The predicted molar refractivity (Wildman–Crippen MR) is 70.4 cm³/mol. The number of rotatable bonds is 5. The Morgan fingerprint density at radius 1 is 1.00 bits per heavy atom. The fourth-order valence-corrected chi connectivity index (χ4v) is 2.08. The fraction of sp³-hybridized carbons (Fsp3) is 0.200. The maximum Gasteiger partial charge on any atom is 0.387 e. The van der Waals surface area contributed by atoms with E-state index in [1.165, 1.54) is 24.3 Å². The molecular weight excluding hydrogens is 267 g/mol. The van der Waals surface area contributed by atoms with Gasteiger partial charge < -0.3 is 10.1 Å². The molecule has 5 heteroatoms. The molecule has 2 aromatic rings. The van der Waals surface area contributed by atoms with Crippen LogP contribution in [0.1, 0.15) is 17.2 Å². The zero-order valence-electron chi connectivity index (χ0n) is 10.8. The van der Waals surface area contributed by atoms with E-state index in [2.05, 4.69) is 10.1 Å². The molecule has 0 amide bonds. The lowest BCUT2D eigenvalue weighted by Crippen LogP contribution is -2.18. The highest BCUT2D eigenvalue weighted by molar-refractivity contribution is 5.36. The largest absolute Gasteiger partial charge is 0.435 e. The Labute approximate surface area is 115 Å². The van der Waals surface area contributed by atoms with Crippen molar-refractivity contribution in [1.29, 1.82) is 0 Å².